The molecule has 2 aliphatic rings. The Morgan fingerprint density at radius 2 is 1.88 bits per heavy atom. The molecule has 2 rings (SSSR count). The SMILES string of the molecule is CN=C(NCCN(CCOC)C1CC1)NCC1(CCOC)CCC1. The van der Waals surface area contributed by atoms with Crippen molar-refractivity contribution in [3.8, 4) is 0 Å². The third kappa shape index (κ3) is 6.22. The normalized spacial score (nSPS) is 20.1. The Kier molecular flexibility index (Phi) is 8.29. The maximum atomic E-state index is 5.27. The topological polar surface area (TPSA) is 58.1 Å². The monoisotopic (exact) mass is 340 g/mol. The van der Waals surface area contributed by atoms with Gasteiger partial charge in [-0.1, -0.05) is 6.42 Å². The van der Waals surface area contributed by atoms with Crippen molar-refractivity contribution < 1.29 is 9.47 Å². The molecule has 0 radical (unpaired) electrons. The Balaban J connectivity index is 1.66. The largest absolute Gasteiger partial charge is 0.385 e. The fourth-order valence-electron chi connectivity index (χ4n) is 3.45. The summed E-state index contributed by atoms with van der Waals surface area (Å²) >= 11 is 0. The number of nitrogens with zero attached hydrogens (tertiary/aromatic N) is 2. The minimum absolute atomic E-state index is 0.409. The minimum atomic E-state index is 0.409. The van der Waals surface area contributed by atoms with Crippen LogP contribution in [0.2, 0.25) is 0 Å². The molecule has 24 heavy (non-hydrogen) atoms. The molecule has 0 aliphatic heterocycles. The van der Waals surface area contributed by atoms with Gasteiger partial charge in [-0.15, -0.1) is 0 Å². The summed E-state index contributed by atoms with van der Waals surface area (Å²) < 4.78 is 10.5. The number of rotatable bonds is 12. The van der Waals surface area contributed by atoms with Crippen molar-refractivity contribution in [3.63, 3.8) is 0 Å². The van der Waals surface area contributed by atoms with E-state index in [0.717, 1.165) is 57.8 Å². The van der Waals surface area contributed by atoms with Crippen molar-refractivity contribution in [1.82, 2.24) is 15.5 Å². The van der Waals surface area contributed by atoms with Gasteiger partial charge in [-0.05, 0) is 37.5 Å². The average molecular weight is 341 g/mol. The van der Waals surface area contributed by atoms with Crippen LogP contribution in [0.3, 0.4) is 0 Å². The first-order valence-corrected chi connectivity index (χ1v) is 9.39. The van der Waals surface area contributed by atoms with E-state index in [1.165, 1.54) is 32.1 Å². The van der Waals surface area contributed by atoms with Crippen molar-refractivity contribution in [2.24, 2.45) is 10.4 Å². The molecule has 0 aromatic carbocycles. The standard InChI is InChI=1S/C18H36N4O2/c1-19-17(21-15-18(7-4-8-18)9-13-23-2)20-10-11-22(12-14-24-3)16-5-6-16/h16H,4-15H2,1-3H3,(H2,19,20,21). The van der Waals surface area contributed by atoms with E-state index in [9.17, 15) is 0 Å². The summed E-state index contributed by atoms with van der Waals surface area (Å²) in [6.07, 6.45) is 7.74. The Bertz CT molecular complexity index is 381. The average Bonchev–Trinajstić information content (AvgIpc) is 3.39. The predicted molar refractivity (Wildman–Crippen MR) is 98.6 cm³/mol. The van der Waals surface area contributed by atoms with E-state index in [-0.39, 0.29) is 0 Å². The van der Waals surface area contributed by atoms with Crippen LogP contribution in [0.5, 0.6) is 0 Å². The highest BCUT2D eigenvalue weighted by Gasteiger charge is 2.36. The number of aliphatic imine (C=N–C) groups is 1. The van der Waals surface area contributed by atoms with Gasteiger partial charge >= 0.3 is 0 Å². The molecule has 0 bridgehead atoms. The quantitative estimate of drug-likeness (QED) is 0.416. The van der Waals surface area contributed by atoms with Gasteiger partial charge in [0.05, 0.1) is 6.61 Å². The van der Waals surface area contributed by atoms with Crippen LogP contribution >= 0.6 is 0 Å². The van der Waals surface area contributed by atoms with E-state index in [1.54, 1.807) is 14.2 Å². The second-order valence-corrected chi connectivity index (χ2v) is 7.21. The number of methoxy groups -OCH3 is 2. The molecular formula is C18H36N4O2. The van der Waals surface area contributed by atoms with E-state index in [1.807, 2.05) is 7.05 Å². The van der Waals surface area contributed by atoms with Crippen LogP contribution in [0.15, 0.2) is 4.99 Å². The molecule has 0 aromatic rings. The second kappa shape index (κ2) is 10.2. The van der Waals surface area contributed by atoms with Crippen molar-refractivity contribution in [3.05, 3.63) is 0 Å². The zero-order valence-corrected chi connectivity index (χ0v) is 15.8. The van der Waals surface area contributed by atoms with Gasteiger partial charge in [0.2, 0.25) is 0 Å². The summed E-state index contributed by atoms with van der Waals surface area (Å²) in [5.74, 6) is 0.918. The summed E-state index contributed by atoms with van der Waals surface area (Å²) in [5, 5.41) is 6.98. The smallest absolute Gasteiger partial charge is 0.191 e. The predicted octanol–water partition coefficient (Wildman–Crippen LogP) is 1.47. The van der Waals surface area contributed by atoms with Gasteiger partial charge in [0.1, 0.15) is 0 Å². The van der Waals surface area contributed by atoms with Crippen molar-refractivity contribution in [1.29, 1.82) is 0 Å². The fourth-order valence-corrected chi connectivity index (χ4v) is 3.45. The van der Waals surface area contributed by atoms with Crippen molar-refractivity contribution in [2.45, 2.75) is 44.6 Å². The zero-order chi connectivity index (χ0) is 17.3. The van der Waals surface area contributed by atoms with Crippen molar-refractivity contribution in [2.75, 3.05) is 60.7 Å². The number of hydrogen-bond acceptors (Lipinski definition) is 4. The molecule has 2 fully saturated rings. The van der Waals surface area contributed by atoms with E-state index in [2.05, 4.69) is 20.5 Å². The van der Waals surface area contributed by atoms with Crippen LogP contribution in [-0.2, 0) is 9.47 Å². The maximum absolute atomic E-state index is 5.27. The van der Waals surface area contributed by atoms with Gasteiger partial charge in [0, 0.05) is 60.1 Å². The molecule has 0 heterocycles. The second-order valence-electron chi connectivity index (χ2n) is 7.21. The minimum Gasteiger partial charge on any atom is -0.385 e. The lowest BCUT2D eigenvalue weighted by Crippen LogP contribution is -2.48. The van der Waals surface area contributed by atoms with Crippen LogP contribution < -0.4 is 10.6 Å². The van der Waals surface area contributed by atoms with Gasteiger partial charge in [0.15, 0.2) is 5.96 Å². The molecule has 0 spiro atoms. The van der Waals surface area contributed by atoms with Crippen LogP contribution in [0, 0.1) is 5.41 Å². The molecule has 2 N–H and O–H groups in total. The molecule has 0 unspecified atom stereocenters. The molecule has 2 aliphatic carbocycles. The van der Waals surface area contributed by atoms with Crippen LogP contribution in [-0.4, -0.2) is 77.6 Å². The van der Waals surface area contributed by atoms with E-state index < -0.39 is 0 Å². The molecule has 2 saturated carbocycles. The number of ether oxygens (including phenoxy) is 2. The van der Waals surface area contributed by atoms with Crippen LogP contribution in [0.1, 0.15) is 38.5 Å². The van der Waals surface area contributed by atoms with Crippen molar-refractivity contribution >= 4 is 5.96 Å². The van der Waals surface area contributed by atoms with E-state index in [4.69, 9.17) is 9.47 Å². The summed E-state index contributed by atoms with van der Waals surface area (Å²) in [4.78, 5) is 6.89. The lowest BCUT2D eigenvalue weighted by atomic mass is 9.67. The summed E-state index contributed by atoms with van der Waals surface area (Å²) in [6, 6.07) is 0.768. The third-order valence-electron chi connectivity index (χ3n) is 5.44. The molecule has 0 amide bonds. The Morgan fingerprint density at radius 1 is 1.12 bits per heavy atom. The molecule has 6 heteroatoms. The van der Waals surface area contributed by atoms with Crippen LogP contribution in [0.4, 0.5) is 0 Å². The number of guanidine groups is 1. The fraction of sp³-hybridized carbons (Fsp3) is 0.944. The van der Waals surface area contributed by atoms with Gasteiger partial charge < -0.3 is 20.1 Å². The highest BCUT2D eigenvalue weighted by Crippen LogP contribution is 2.43. The first-order valence-electron chi connectivity index (χ1n) is 9.39. The zero-order valence-electron chi connectivity index (χ0n) is 15.8. The molecule has 0 saturated heterocycles. The summed E-state index contributed by atoms with van der Waals surface area (Å²) in [6.45, 7) is 5.64. The maximum Gasteiger partial charge on any atom is 0.191 e. The Labute approximate surface area is 147 Å². The Morgan fingerprint density at radius 3 is 2.42 bits per heavy atom. The lowest BCUT2D eigenvalue weighted by Gasteiger charge is -2.42. The lowest BCUT2D eigenvalue weighted by molar-refractivity contribution is 0.0732. The van der Waals surface area contributed by atoms with Gasteiger partial charge in [0.25, 0.3) is 0 Å². The van der Waals surface area contributed by atoms with Gasteiger partial charge in [-0.3, -0.25) is 9.89 Å². The van der Waals surface area contributed by atoms with Crippen LogP contribution in [0.25, 0.3) is 0 Å². The van der Waals surface area contributed by atoms with E-state index >= 15 is 0 Å². The molecule has 140 valence electrons. The molecule has 6 nitrogen and oxygen atoms in total. The first-order chi connectivity index (χ1) is 11.7. The molecule has 0 atom stereocenters. The highest BCUT2D eigenvalue weighted by atomic mass is 16.5. The summed E-state index contributed by atoms with van der Waals surface area (Å²) in [5.41, 5.74) is 0.409. The number of hydrogen-bond donors (Lipinski definition) is 2. The van der Waals surface area contributed by atoms with Gasteiger partial charge in [-0.25, -0.2) is 0 Å². The first kappa shape index (κ1) is 19.5. The van der Waals surface area contributed by atoms with Gasteiger partial charge in [-0.2, -0.15) is 0 Å². The third-order valence-corrected chi connectivity index (χ3v) is 5.44. The highest BCUT2D eigenvalue weighted by molar-refractivity contribution is 5.79. The molecular weight excluding hydrogens is 304 g/mol. The number of nitrogens with one attached hydrogen (secondary N) is 2. The summed E-state index contributed by atoms with van der Waals surface area (Å²) in [7, 11) is 5.41. The van der Waals surface area contributed by atoms with E-state index in [0.29, 0.717) is 5.41 Å². The Hall–Kier alpha value is -0.850. The molecule has 0 aromatic heterocycles.